The number of anilines is 1. The van der Waals surface area contributed by atoms with Gasteiger partial charge in [-0.3, -0.25) is 24.3 Å². The highest BCUT2D eigenvalue weighted by molar-refractivity contribution is 6.06. The summed E-state index contributed by atoms with van der Waals surface area (Å²) in [5, 5.41) is 9.20. The molecule has 1 saturated carbocycles. The molecule has 2 fully saturated rings. The van der Waals surface area contributed by atoms with Gasteiger partial charge in [0.25, 0.3) is 0 Å². The lowest BCUT2D eigenvalue weighted by atomic mass is 9.85. The number of carbonyl (C=O) groups is 3. The molecule has 2 aliphatic carbocycles. The van der Waals surface area contributed by atoms with Crippen LogP contribution in [0.5, 0.6) is 0 Å². The maximum Gasteiger partial charge on any atom is 0.233 e. The van der Waals surface area contributed by atoms with E-state index in [-0.39, 0.29) is 41.4 Å². The lowest BCUT2D eigenvalue weighted by Gasteiger charge is -2.18. The number of fused-ring (bicyclic) bond motifs is 5. The highest BCUT2D eigenvalue weighted by atomic mass is 16.2. The molecule has 170 valence electrons. The van der Waals surface area contributed by atoms with Crippen molar-refractivity contribution >= 4 is 29.4 Å². The van der Waals surface area contributed by atoms with E-state index in [1.165, 1.54) is 11.8 Å². The molecule has 0 aromatic heterocycles. The molecule has 3 amide bonds. The average Bonchev–Trinajstić information content (AvgIpc) is 3.44. The molecule has 0 radical (unpaired) electrons. The van der Waals surface area contributed by atoms with Crippen LogP contribution < -0.4 is 16.0 Å². The summed E-state index contributed by atoms with van der Waals surface area (Å²) in [6, 6.07) is 7.71. The van der Waals surface area contributed by atoms with Gasteiger partial charge < -0.3 is 16.0 Å². The quantitative estimate of drug-likeness (QED) is 0.248. The van der Waals surface area contributed by atoms with Crippen LogP contribution in [-0.2, 0) is 20.8 Å². The van der Waals surface area contributed by atoms with Gasteiger partial charge in [-0.1, -0.05) is 24.3 Å². The fourth-order valence-corrected chi connectivity index (χ4v) is 5.07. The van der Waals surface area contributed by atoms with E-state index < -0.39 is 0 Å². The molecular formula is C24H31N5O3. The minimum atomic E-state index is -0.142. The molecule has 2 bridgehead atoms. The molecule has 1 heterocycles. The number of allylic oxidation sites excluding steroid dienone is 2. The Hall–Kier alpha value is -3.16. The number of imide groups is 1. The zero-order valence-corrected chi connectivity index (χ0v) is 18.6. The van der Waals surface area contributed by atoms with E-state index in [9.17, 15) is 14.4 Å². The molecule has 8 heteroatoms. The Balaban J connectivity index is 1.26. The van der Waals surface area contributed by atoms with E-state index in [2.05, 4.69) is 33.1 Å². The van der Waals surface area contributed by atoms with Crippen LogP contribution >= 0.6 is 0 Å². The predicted molar refractivity (Wildman–Crippen MR) is 123 cm³/mol. The third kappa shape index (κ3) is 4.54. The molecule has 1 aliphatic heterocycles. The van der Waals surface area contributed by atoms with Gasteiger partial charge in [-0.05, 0) is 49.3 Å². The number of nitrogens with zero attached hydrogens (tertiary/aromatic N) is 2. The smallest absolute Gasteiger partial charge is 0.233 e. The van der Waals surface area contributed by atoms with Gasteiger partial charge in [-0.15, -0.1) is 0 Å². The van der Waals surface area contributed by atoms with Crippen LogP contribution in [-0.4, -0.2) is 54.8 Å². The third-order valence-electron chi connectivity index (χ3n) is 6.48. The van der Waals surface area contributed by atoms with Crippen molar-refractivity contribution < 1.29 is 14.4 Å². The molecule has 4 rings (SSSR count). The van der Waals surface area contributed by atoms with Crippen LogP contribution in [0, 0.1) is 23.7 Å². The average molecular weight is 438 g/mol. The van der Waals surface area contributed by atoms with E-state index in [1.807, 2.05) is 31.2 Å². The molecule has 3 N–H and O–H groups in total. The van der Waals surface area contributed by atoms with Crippen LogP contribution in [0.15, 0.2) is 41.4 Å². The molecule has 0 spiro atoms. The Bertz CT molecular complexity index is 909. The second-order valence-electron chi connectivity index (χ2n) is 8.64. The zero-order chi connectivity index (χ0) is 22.7. The molecule has 4 unspecified atom stereocenters. The van der Waals surface area contributed by atoms with Gasteiger partial charge in [0, 0.05) is 38.8 Å². The number of hydrogen-bond donors (Lipinski definition) is 3. The first-order valence-corrected chi connectivity index (χ1v) is 11.4. The Morgan fingerprint density at radius 2 is 1.72 bits per heavy atom. The summed E-state index contributed by atoms with van der Waals surface area (Å²) >= 11 is 0. The van der Waals surface area contributed by atoms with Crippen molar-refractivity contribution in [2.24, 2.45) is 28.7 Å². The maximum atomic E-state index is 12.8. The first-order chi connectivity index (χ1) is 15.5. The molecule has 1 saturated heterocycles. The van der Waals surface area contributed by atoms with Crippen molar-refractivity contribution in [2.45, 2.75) is 26.7 Å². The standard InChI is InChI=1S/C24H31N5O3/c1-3-25-24(26-11-10-16-4-8-19(9-5-16)28-15(2)30)27-12-13-29-22(31)20-17-6-7-18(14-17)21(20)23(29)32/h4-9,17-18,20-21H,3,10-14H2,1-2H3,(H,28,30)(H2,25,26,27). The van der Waals surface area contributed by atoms with E-state index >= 15 is 0 Å². The number of aliphatic imine (C=N–C) groups is 1. The second-order valence-corrected chi connectivity index (χ2v) is 8.64. The number of rotatable bonds is 8. The summed E-state index contributed by atoms with van der Waals surface area (Å²) in [6.07, 6.45) is 5.94. The van der Waals surface area contributed by atoms with E-state index in [0.717, 1.165) is 30.6 Å². The topological polar surface area (TPSA) is 103 Å². The second kappa shape index (κ2) is 9.54. The van der Waals surface area contributed by atoms with Crippen molar-refractivity contribution in [1.82, 2.24) is 15.5 Å². The summed E-state index contributed by atoms with van der Waals surface area (Å²) in [6.45, 7) is 5.62. The van der Waals surface area contributed by atoms with Gasteiger partial charge >= 0.3 is 0 Å². The van der Waals surface area contributed by atoms with Gasteiger partial charge in [-0.25, -0.2) is 0 Å². The van der Waals surface area contributed by atoms with Gasteiger partial charge in [0.1, 0.15) is 0 Å². The summed E-state index contributed by atoms with van der Waals surface area (Å²) in [5.41, 5.74) is 1.90. The lowest BCUT2D eigenvalue weighted by molar-refractivity contribution is -0.140. The molecule has 32 heavy (non-hydrogen) atoms. The Morgan fingerprint density at radius 3 is 2.31 bits per heavy atom. The van der Waals surface area contributed by atoms with Crippen molar-refractivity contribution in [2.75, 3.05) is 31.5 Å². The number of nitrogens with one attached hydrogen (secondary N) is 3. The van der Waals surface area contributed by atoms with Crippen LogP contribution in [0.3, 0.4) is 0 Å². The van der Waals surface area contributed by atoms with Crippen molar-refractivity contribution in [3.63, 3.8) is 0 Å². The van der Waals surface area contributed by atoms with Crippen molar-refractivity contribution in [3.05, 3.63) is 42.0 Å². The first kappa shape index (κ1) is 22.0. The Labute approximate surface area is 188 Å². The highest BCUT2D eigenvalue weighted by Gasteiger charge is 2.58. The maximum absolute atomic E-state index is 12.8. The number of benzene rings is 1. The number of guanidine groups is 1. The van der Waals surface area contributed by atoms with Crippen molar-refractivity contribution in [1.29, 1.82) is 0 Å². The molecule has 3 aliphatic rings. The fourth-order valence-electron chi connectivity index (χ4n) is 5.07. The summed E-state index contributed by atoms with van der Waals surface area (Å²) in [4.78, 5) is 42.7. The van der Waals surface area contributed by atoms with Crippen molar-refractivity contribution in [3.8, 4) is 0 Å². The van der Waals surface area contributed by atoms with Crippen LogP contribution in [0.1, 0.15) is 25.8 Å². The third-order valence-corrected chi connectivity index (χ3v) is 6.48. The van der Waals surface area contributed by atoms with Crippen LogP contribution in [0.25, 0.3) is 0 Å². The molecular weight excluding hydrogens is 406 g/mol. The molecule has 1 aromatic rings. The van der Waals surface area contributed by atoms with Gasteiger partial charge in [-0.2, -0.15) is 0 Å². The monoisotopic (exact) mass is 437 g/mol. The minimum absolute atomic E-state index is 0.0108. The minimum Gasteiger partial charge on any atom is -0.357 e. The zero-order valence-electron chi connectivity index (χ0n) is 18.6. The number of carbonyl (C=O) groups excluding carboxylic acids is 3. The van der Waals surface area contributed by atoms with E-state index in [1.54, 1.807) is 0 Å². The molecule has 8 nitrogen and oxygen atoms in total. The summed E-state index contributed by atoms with van der Waals surface area (Å²) in [5.74, 6) is 0.757. The summed E-state index contributed by atoms with van der Waals surface area (Å²) < 4.78 is 0. The molecule has 4 atom stereocenters. The van der Waals surface area contributed by atoms with Gasteiger partial charge in [0.2, 0.25) is 17.7 Å². The summed E-state index contributed by atoms with van der Waals surface area (Å²) in [7, 11) is 0. The molecule has 1 aromatic carbocycles. The largest absolute Gasteiger partial charge is 0.357 e. The SMILES string of the molecule is CCNC(=NCCc1ccc(NC(C)=O)cc1)NCCN1C(=O)C2C3C=CC(C3)C2C1=O. The van der Waals surface area contributed by atoms with Crippen LogP contribution in [0.2, 0.25) is 0 Å². The predicted octanol–water partition coefficient (Wildman–Crippen LogP) is 1.55. The van der Waals surface area contributed by atoms with E-state index in [0.29, 0.717) is 25.6 Å². The lowest BCUT2D eigenvalue weighted by Crippen LogP contribution is -2.43. The number of likely N-dealkylation sites (tertiary alicyclic amines) is 1. The first-order valence-electron chi connectivity index (χ1n) is 11.4. The van der Waals surface area contributed by atoms with Crippen LogP contribution in [0.4, 0.5) is 5.69 Å². The van der Waals surface area contributed by atoms with Gasteiger partial charge in [0.15, 0.2) is 5.96 Å². The number of amides is 3. The Kier molecular flexibility index (Phi) is 6.58. The number of hydrogen-bond acceptors (Lipinski definition) is 4. The Morgan fingerprint density at radius 1 is 1.06 bits per heavy atom. The highest BCUT2D eigenvalue weighted by Crippen LogP contribution is 2.52. The normalized spacial score (nSPS) is 25.9. The fraction of sp³-hybridized carbons (Fsp3) is 0.500. The van der Waals surface area contributed by atoms with Gasteiger partial charge in [0.05, 0.1) is 11.8 Å². The van der Waals surface area contributed by atoms with E-state index in [4.69, 9.17) is 0 Å².